The maximum atomic E-state index is 12.0. The van der Waals surface area contributed by atoms with Gasteiger partial charge in [-0.2, -0.15) is 16.8 Å². The highest BCUT2D eigenvalue weighted by atomic mass is 32.2. The molecule has 0 saturated carbocycles. The number of benzene rings is 2. The lowest BCUT2D eigenvalue weighted by molar-refractivity contribution is -0.0852. The summed E-state index contributed by atoms with van der Waals surface area (Å²) in [5, 5.41) is 0. The molecule has 118 valence electrons. The summed E-state index contributed by atoms with van der Waals surface area (Å²) in [6, 6.07) is 12.0. The molecule has 8 heteroatoms. The quantitative estimate of drug-likeness (QED) is 0.612. The van der Waals surface area contributed by atoms with Crippen molar-refractivity contribution in [3.8, 4) is 0 Å². The van der Waals surface area contributed by atoms with Crippen molar-refractivity contribution >= 4 is 20.2 Å². The van der Waals surface area contributed by atoms with Crippen LogP contribution in [-0.2, 0) is 28.9 Å². The first-order valence-electron chi connectivity index (χ1n) is 6.23. The monoisotopic (exact) mass is 342 g/mol. The molecule has 22 heavy (non-hydrogen) atoms. The molecule has 0 spiro atoms. The van der Waals surface area contributed by atoms with E-state index in [1.54, 1.807) is 38.1 Å². The molecule has 0 heterocycles. The van der Waals surface area contributed by atoms with Crippen LogP contribution >= 0.6 is 0 Å². The average Bonchev–Trinajstić information content (AvgIpc) is 2.46. The van der Waals surface area contributed by atoms with Crippen LogP contribution in [0, 0.1) is 13.8 Å². The van der Waals surface area contributed by atoms with Crippen molar-refractivity contribution in [1.29, 1.82) is 0 Å². The molecule has 2 rings (SSSR count). The van der Waals surface area contributed by atoms with E-state index >= 15 is 0 Å². The molecule has 0 aliphatic heterocycles. The van der Waals surface area contributed by atoms with E-state index in [1.165, 1.54) is 24.3 Å². The highest BCUT2D eigenvalue weighted by molar-refractivity contribution is 7.89. The maximum absolute atomic E-state index is 12.0. The highest BCUT2D eigenvalue weighted by Gasteiger charge is 2.25. The van der Waals surface area contributed by atoms with E-state index in [0.717, 1.165) is 0 Å². The zero-order valence-electron chi connectivity index (χ0n) is 11.9. The summed E-state index contributed by atoms with van der Waals surface area (Å²) in [6.45, 7) is 3.12. The molecule has 0 radical (unpaired) electrons. The molecule has 0 unspecified atom stereocenters. The number of aryl methyl sites for hydroxylation is 2. The fourth-order valence-corrected chi connectivity index (χ4v) is 3.97. The standard InChI is InChI=1S/C14H14O6S2/c1-11-7-3-5-9-13(11)21(15,16)19-20-22(17,18)14-10-6-4-8-12(14)2/h3-10H,1-2H3. The van der Waals surface area contributed by atoms with E-state index < -0.39 is 20.2 Å². The molecule has 0 aliphatic carbocycles. The Balaban J connectivity index is 2.26. The van der Waals surface area contributed by atoms with Crippen LogP contribution in [-0.4, -0.2) is 16.8 Å². The lowest BCUT2D eigenvalue weighted by Gasteiger charge is -2.08. The third kappa shape index (κ3) is 3.53. The summed E-state index contributed by atoms with van der Waals surface area (Å²) in [5.74, 6) is 0. The zero-order valence-corrected chi connectivity index (χ0v) is 13.5. The molecule has 6 nitrogen and oxygen atoms in total. The first-order chi connectivity index (χ1) is 10.2. The lowest BCUT2D eigenvalue weighted by atomic mass is 10.2. The maximum Gasteiger partial charge on any atom is 0.324 e. The Labute approximate surface area is 129 Å². The summed E-state index contributed by atoms with van der Waals surface area (Å²) in [7, 11) is -8.69. The van der Waals surface area contributed by atoms with E-state index in [9.17, 15) is 16.8 Å². The Bertz CT molecular complexity index is 810. The molecule has 0 amide bonds. The van der Waals surface area contributed by atoms with E-state index in [1.807, 2.05) is 0 Å². The minimum absolute atomic E-state index is 0.157. The number of rotatable bonds is 5. The molecule has 0 atom stereocenters. The molecule has 0 fully saturated rings. The molecule has 0 aliphatic rings. The molecular weight excluding hydrogens is 328 g/mol. The minimum Gasteiger partial charge on any atom is -0.192 e. The molecule has 0 saturated heterocycles. The summed E-state index contributed by atoms with van der Waals surface area (Å²) in [4.78, 5) is -0.315. The summed E-state index contributed by atoms with van der Waals surface area (Å²) < 4.78 is 56.5. The SMILES string of the molecule is Cc1ccccc1S(=O)(=O)OOS(=O)(=O)c1ccccc1C. The molecule has 0 aromatic heterocycles. The Morgan fingerprint density at radius 2 is 0.955 bits per heavy atom. The van der Waals surface area contributed by atoms with Crippen LogP contribution in [0.3, 0.4) is 0 Å². The van der Waals surface area contributed by atoms with Gasteiger partial charge < -0.3 is 0 Å². The fourth-order valence-electron chi connectivity index (χ4n) is 1.82. The third-order valence-electron chi connectivity index (χ3n) is 2.93. The van der Waals surface area contributed by atoms with E-state index in [4.69, 9.17) is 0 Å². The van der Waals surface area contributed by atoms with Crippen LogP contribution < -0.4 is 0 Å². The van der Waals surface area contributed by atoms with Crippen molar-refractivity contribution in [1.82, 2.24) is 0 Å². The van der Waals surface area contributed by atoms with E-state index in [2.05, 4.69) is 8.67 Å². The average molecular weight is 342 g/mol. The van der Waals surface area contributed by atoms with Crippen molar-refractivity contribution in [2.45, 2.75) is 23.6 Å². The zero-order chi connectivity index (χ0) is 16.4. The van der Waals surface area contributed by atoms with Gasteiger partial charge in [-0.1, -0.05) is 45.1 Å². The topological polar surface area (TPSA) is 86.7 Å². The molecule has 2 aromatic rings. The van der Waals surface area contributed by atoms with Gasteiger partial charge in [0.05, 0.1) is 9.79 Å². The summed E-state index contributed by atoms with van der Waals surface area (Å²) in [6.07, 6.45) is 0. The van der Waals surface area contributed by atoms with Crippen LogP contribution in [0.5, 0.6) is 0 Å². The van der Waals surface area contributed by atoms with Gasteiger partial charge in [-0.15, -0.1) is 0 Å². The van der Waals surface area contributed by atoms with Gasteiger partial charge in [-0.05, 0) is 37.1 Å². The second kappa shape index (κ2) is 6.17. The Hall–Kier alpha value is -1.74. The first-order valence-corrected chi connectivity index (χ1v) is 9.05. The summed E-state index contributed by atoms with van der Waals surface area (Å²) >= 11 is 0. The van der Waals surface area contributed by atoms with Crippen molar-refractivity contribution in [3.05, 3.63) is 59.7 Å². The van der Waals surface area contributed by atoms with Gasteiger partial charge in [0.15, 0.2) is 0 Å². The van der Waals surface area contributed by atoms with Gasteiger partial charge in [0, 0.05) is 0 Å². The largest absolute Gasteiger partial charge is 0.324 e. The van der Waals surface area contributed by atoms with Crippen LogP contribution in [0.1, 0.15) is 11.1 Å². The Morgan fingerprint density at radius 3 is 1.27 bits per heavy atom. The third-order valence-corrected chi connectivity index (χ3v) is 5.51. The number of hydrogen-bond donors (Lipinski definition) is 0. The minimum atomic E-state index is -4.35. The van der Waals surface area contributed by atoms with Crippen LogP contribution in [0.2, 0.25) is 0 Å². The molecule has 2 aromatic carbocycles. The first kappa shape index (κ1) is 16.6. The van der Waals surface area contributed by atoms with Crippen LogP contribution in [0.4, 0.5) is 0 Å². The van der Waals surface area contributed by atoms with Crippen molar-refractivity contribution in [2.24, 2.45) is 0 Å². The van der Waals surface area contributed by atoms with Gasteiger partial charge in [0.1, 0.15) is 0 Å². The van der Waals surface area contributed by atoms with Crippen molar-refractivity contribution in [3.63, 3.8) is 0 Å². The van der Waals surface area contributed by atoms with Gasteiger partial charge in [0.25, 0.3) is 0 Å². The van der Waals surface area contributed by atoms with Gasteiger partial charge in [0.2, 0.25) is 0 Å². The van der Waals surface area contributed by atoms with Crippen LogP contribution in [0.25, 0.3) is 0 Å². The second-order valence-electron chi connectivity index (χ2n) is 4.58. The Kier molecular flexibility index (Phi) is 4.66. The van der Waals surface area contributed by atoms with Gasteiger partial charge >= 0.3 is 20.2 Å². The predicted molar refractivity (Wildman–Crippen MR) is 78.9 cm³/mol. The fraction of sp³-hybridized carbons (Fsp3) is 0.143. The normalized spacial score (nSPS) is 12.3. The van der Waals surface area contributed by atoms with Crippen LogP contribution in [0.15, 0.2) is 58.3 Å². The van der Waals surface area contributed by atoms with Gasteiger partial charge in [-0.25, -0.2) is 0 Å². The molecule has 0 bridgehead atoms. The molecular formula is C14H14O6S2. The lowest BCUT2D eigenvalue weighted by Crippen LogP contribution is -2.14. The summed E-state index contributed by atoms with van der Waals surface area (Å²) in [5.41, 5.74) is 0.832. The highest BCUT2D eigenvalue weighted by Crippen LogP contribution is 2.21. The molecule has 0 N–H and O–H groups in total. The Morgan fingerprint density at radius 1 is 0.636 bits per heavy atom. The second-order valence-corrected chi connectivity index (χ2v) is 7.54. The van der Waals surface area contributed by atoms with E-state index in [-0.39, 0.29) is 9.79 Å². The van der Waals surface area contributed by atoms with Crippen molar-refractivity contribution < 1.29 is 25.5 Å². The van der Waals surface area contributed by atoms with E-state index in [0.29, 0.717) is 11.1 Å². The van der Waals surface area contributed by atoms with Crippen molar-refractivity contribution in [2.75, 3.05) is 0 Å². The predicted octanol–water partition coefficient (Wildman–Crippen LogP) is 2.33. The number of hydrogen-bond acceptors (Lipinski definition) is 6. The van der Waals surface area contributed by atoms with Gasteiger partial charge in [-0.3, -0.25) is 0 Å². The smallest absolute Gasteiger partial charge is 0.192 e.